The highest BCUT2D eigenvalue weighted by Gasteiger charge is 2.46. The number of halogens is 1. The molecule has 1 aromatic carbocycles. The summed E-state index contributed by atoms with van der Waals surface area (Å²) in [6, 6.07) is 7.85. The van der Waals surface area contributed by atoms with Crippen molar-refractivity contribution in [3.8, 4) is 0 Å². The lowest BCUT2D eigenvalue weighted by molar-refractivity contribution is -0.134. The molecular formula is C17H19ClN4O. The van der Waals surface area contributed by atoms with E-state index in [0.29, 0.717) is 12.5 Å². The molecule has 120 valence electrons. The van der Waals surface area contributed by atoms with Gasteiger partial charge in [0.15, 0.2) is 5.82 Å². The van der Waals surface area contributed by atoms with Crippen LogP contribution in [0.15, 0.2) is 24.3 Å². The van der Waals surface area contributed by atoms with Crippen LogP contribution in [-0.4, -0.2) is 32.1 Å². The van der Waals surface area contributed by atoms with E-state index in [-0.39, 0.29) is 11.8 Å². The number of carbonyl (C=O) groups is 1. The molecule has 1 aromatic heterocycles. The van der Waals surface area contributed by atoms with Gasteiger partial charge in [-0.25, -0.2) is 0 Å². The lowest BCUT2D eigenvalue weighted by Gasteiger charge is -2.28. The molecule has 2 heterocycles. The number of rotatable bonds is 3. The first-order valence-electron chi connectivity index (χ1n) is 8.12. The van der Waals surface area contributed by atoms with Crippen molar-refractivity contribution in [3.05, 3.63) is 46.5 Å². The fourth-order valence-electron chi connectivity index (χ4n) is 3.48. The van der Waals surface area contributed by atoms with Crippen LogP contribution in [0.3, 0.4) is 0 Å². The Morgan fingerprint density at radius 3 is 3.00 bits per heavy atom. The summed E-state index contributed by atoms with van der Waals surface area (Å²) >= 11 is 6.05. The molecular weight excluding hydrogens is 312 g/mol. The van der Waals surface area contributed by atoms with Gasteiger partial charge in [0.1, 0.15) is 5.82 Å². The number of benzene rings is 1. The van der Waals surface area contributed by atoms with E-state index in [2.05, 4.69) is 27.8 Å². The number of aryl methyl sites for hydroxylation is 1. The molecule has 0 N–H and O–H groups in total. The second kappa shape index (κ2) is 5.64. The Morgan fingerprint density at radius 2 is 2.22 bits per heavy atom. The van der Waals surface area contributed by atoms with Crippen LogP contribution in [0.4, 0.5) is 0 Å². The molecule has 1 aliphatic heterocycles. The second-order valence-corrected chi connectivity index (χ2v) is 6.74. The molecule has 0 bridgehead atoms. The Hall–Kier alpha value is -1.88. The SMILES string of the molecule is CCc1nnc2n1CCN(C(=O)[C@@H]1C[C@@H]1c1cccc(Cl)c1)C2. The summed E-state index contributed by atoms with van der Waals surface area (Å²) in [7, 11) is 0. The third kappa shape index (κ3) is 2.63. The zero-order chi connectivity index (χ0) is 16.0. The van der Waals surface area contributed by atoms with Gasteiger partial charge in [0.2, 0.25) is 5.91 Å². The summed E-state index contributed by atoms with van der Waals surface area (Å²) < 4.78 is 2.14. The van der Waals surface area contributed by atoms with Crippen molar-refractivity contribution in [1.82, 2.24) is 19.7 Å². The number of amides is 1. The van der Waals surface area contributed by atoms with Crippen molar-refractivity contribution in [2.45, 2.75) is 38.8 Å². The lowest BCUT2D eigenvalue weighted by atomic mass is 10.1. The monoisotopic (exact) mass is 330 g/mol. The summed E-state index contributed by atoms with van der Waals surface area (Å²) in [5.74, 6) is 2.56. The van der Waals surface area contributed by atoms with Crippen LogP contribution < -0.4 is 0 Å². The van der Waals surface area contributed by atoms with E-state index in [0.717, 1.165) is 42.6 Å². The second-order valence-electron chi connectivity index (χ2n) is 6.30. The first kappa shape index (κ1) is 14.7. The molecule has 6 heteroatoms. The number of nitrogens with zero attached hydrogens (tertiary/aromatic N) is 4. The Labute approximate surface area is 140 Å². The van der Waals surface area contributed by atoms with E-state index in [1.165, 1.54) is 5.56 Å². The predicted molar refractivity (Wildman–Crippen MR) is 87.1 cm³/mol. The topological polar surface area (TPSA) is 51.0 Å². The van der Waals surface area contributed by atoms with E-state index >= 15 is 0 Å². The van der Waals surface area contributed by atoms with Gasteiger partial charge in [-0.1, -0.05) is 30.7 Å². The maximum atomic E-state index is 12.8. The van der Waals surface area contributed by atoms with Gasteiger partial charge in [-0.05, 0) is 30.0 Å². The van der Waals surface area contributed by atoms with Crippen LogP contribution in [0.25, 0.3) is 0 Å². The van der Waals surface area contributed by atoms with E-state index < -0.39 is 0 Å². The van der Waals surface area contributed by atoms with Crippen LogP contribution in [0.5, 0.6) is 0 Å². The van der Waals surface area contributed by atoms with Crippen molar-refractivity contribution >= 4 is 17.5 Å². The van der Waals surface area contributed by atoms with Crippen molar-refractivity contribution in [1.29, 1.82) is 0 Å². The number of hydrogen-bond acceptors (Lipinski definition) is 3. The zero-order valence-corrected chi connectivity index (χ0v) is 13.8. The predicted octanol–water partition coefficient (Wildman–Crippen LogP) is 2.64. The highest BCUT2D eigenvalue weighted by atomic mass is 35.5. The average Bonchev–Trinajstić information content (AvgIpc) is 3.26. The normalized spacial score (nSPS) is 22.8. The van der Waals surface area contributed by atoms with Crippen molar-refractivity contribution < 1.29 is 4.79 Å². The summed E-state index contributed by atoms with van der Waals surface area (Å²) in [6.45, 7) is 4.20. The van der Waals surface area contributed by atoms with Gasteiger partial charge in [0.05, 0.1) is 6.54 Å². The first-order chi connectivity index (χ1) is 11.2. The minimum atomic E-state index is 0.0913. The molecule has 0 unspecified atom stereocenters. The molecule has 0 saturated heterocycles. The summed E-state index contributed by atoms with van der Waals surface area (Å²) in [6.07, 6.45) is 1.79. The third-order valence-corrected chi connectivity index (χ3v) is 5.08. The van der Waals surface area contributed by atoms with E-state index in [9.17, 15) is 4.79 Å². The highest BCUT2D eigenvalue weighted by Crippen LogP contribution is 2.49. The quantitative estimate of drug-likeness (QED) is 0.869. The highest BCUT2D eigenvalue weighted by molar-refractivity contribution is 6.30. The molecule has 1 fully saturated rings. The van der Waals surface area contributed by atoms with Gasteiger partial charge >= 0.3 is 0 Å². The molecule has 2 aliphatic rings. The van der Waals surface area contributed by atoms with Gasteiger partial charge in [0, 0.05) is 30.5 Å². The molecule has 2 aromatic rings. The Kier molecular flexibility index (Phi) is 3.60. The smallest absolute Gasteiger partial charge is 0.226 e. The lowest BCUT2D eigenvalue weighted by Crippen LogP contribution is -2.39. The van der Waals surface area contributed by atoms with Gasteiger partial charge in [0.25, 0.3) is 0 Å². The van der Waals surface area contributed by atoms with E-state index in [4.69, 9.17) is 11.6 Å². The van der Waals surface area contributed by atoms with Crippen LogP contribution in [0, 0.1) is 5.92 Å². The van der Waals surface area contributed by atoms with Crippen molar-refractivity contribution in [2.24, 2.45) is 5.92 Å². The minimum Gasteiger partial charge on any atom is -0.333 e. The molecule has 1 amide bonds. The summed E-state index contributed by atoms with van der Waals surface area (Å²) in [5, 5.41) is 9.17. The maximum Gasteiger partial charge on any atom is 0.226 e. The average molecular weight is 331 g/mol. The summed E-state index contributed by atoms with van der Waals surface area (Å²) in [4.78, 5) is 14.7. The zero-order valence-electron chi connectivity index (χ0n) is 13.1. The van der Waals surface area contributed by atoms with Gasteiger partial charge in [-0.2, -0.15) is 0 Å². The summed E-state index contributed by atoms with van der Waals surface area (Å²) in [5.41, 5.74) is 1.17. The number of fused-ring (bicyclic) bond motifs is 1. The van der Waals surface area contributed by atoms with Crippen LogP contribution in [-0.2, 0) is 24.3 Å². The molecule has 0 spiro atoms. The molecule has 5 nitrogen and oxygen atoms in total. The molecule has 0 radical (unpaired) electrons. The minimum absolute atomic E-state index is 0.0913. The number of carbonyl (C=O) groups excluding carboxylic acids is 1. The molecule has 1 aliphatic carbocycles. The third-order valence-electron chi connectivity index (χ3n) is 4.84. The fraction of sp³-hybridized carbons (Fsp3) is 0.471. The standard InChI is InChI=1S/C17H19ClN4O/c1-2-15-19-20-16-10-21(6-7-22(15)16)17(23)14-9-13(14)11-4-3-5-12(18)8-11/h3-5,8,13-14H,2,6-7,9-10H2,1H3/t13-,14-/m1/s1. The Balaban J connectivity index is 1.45. The number of hydrogen-bond donors (Lipinski definition) is 0. The van der Waals surface area contributed by atoms with E-state index in [1.54, 1.807) is 0 Å². The van der Waals surface area contributed by atoms with Gasteiger partial charge in [-0.15, -0.1) is 10.2 Å². The fourth-order valence-corrected chi connectivity index (χ4v) is 3.67. The molecule has 2 atom stereocenters. The number of aromatic nitrogens is 3. The Bertz CT molecular complexity index is 757. The molecule has 1 saturated carbocycles. The largest absolute Gasteiger partial charge is 0.333 e. The van der Waals surface area contributed by atoms with Crippen LogP contribution in [0.2, 0.25) is 5.02 Å². The van der Waals surface area contributed by atoms with Crippen molar-refractivity contribution in [2.75, 3.05) is 6.54 Å². The van der Waals surface area contributed by atoms with Crippen molar-refractivity contribution in [3.63, 3.8) is 0 Å². The van der Waals surface area contributed by atoms with Gasteiger partial charge in [-0.3, -0.25) is 4.79 Å². The maximum absolute atomic E-state index is 12.8. The Morgan fingerprint density at radius 1 is 1.35 bits per heavy atom. The molecule has 4 rings (SSSR count). The van der Waals surface area contributed by atoms with Crippen LogP contribution >= 0.6 is 11.6 Å². The first-order valence-corrected chi connectivity index (χ1v) is 8.50. The van der Waals surface area contributed by atoms with E-state index in [1.807, 2.05) is 23.1 Å². The van der Waals surface area contributed by atoms with Gasteiger partial charge < -0.3 is 9.47 Å². The molecule has 23 heavy (non-hydrogen) atoms. The van der Waals surface area contributed by atoms with Crippen LogP contribution in [0.1, 0.15) is 36.5 Å².